The van der Waals surface area contributed by atoms with Gasteiger partial charge in [-0.3, -0.25) is 0 Å². The van der Waals surface area contributed by atoms with Gasteiger partial charge in [-0.25, -0.2) is 0 Å². The van der Waals surface area contributed by atoms with Crippen LogP contribution >= 0.6 is 0 Å². The molecule has 0 amide bonds. The number of anilines is 3. The van der Waals surface area contributed by atoms with Gasteiger partial charge in [-0.2, -0.15) is 0 Å². The van der Waals surface area contributed by atoms with Gasteiger partial charge in [0, 0.05) is 22.0 Å². The van der Waals surface area contributed by atoms with E-state index in [0.29, 0.717) is 0 Å². The second kappa shape index (κ2) is 11.8. The van der Waals surface area contributed by atoms with Crippen LogP contribution in [0.3, 0.4) is 0 Å². The summed E-state index contributed by atoms with van der Waals surface area (Å²) in [5, 5.41) is 2.45. The summed E-state index contributed by atoms with van der Waals surface area (Å²) < 4.78 is 2.66. The minimum absolute atomic E-state index is 0.646. The Kier molecular flexibility index (Phi) is 6.75. The number of aromatic nitrogens is 1. The fraction of sp³-hybridized carbons (Fsp3) is 0.0204. The van der Waals surface area contributed by atoms with E-state index in [2.05, 4.69) is 216 Å². The lowest BCUT2D eigenvalue weighted by atomic mass is 9.80. The Bertz CT molecular complexity index is 2640. The van der Waals surface area contributed by atoms with Crippen molar-refractivity contribution < 1.29 is 0 Å². The fourth-order valence-corrected chi connectivity index (χ4v) is 8.62. The van der Waals surface area contributed by atoms with Crippen LogP contribution in [0, 0.1) is 0 Å². The molecule has 0 radical (unpaired) electrons. The molecule has 1 aromatic heterocycles. The molecule has 10 rings (SSSR count). The highest BCUT2D eigenvalue weighted by Gasteiger charge is 2.48. The molecule has 0 unspecified atom stereocenters. The van der Waals surface area contributed by atoms with Gasteiger partial charge in [-0.1, -0.05) is 176 Å². The van der Waals surface area contributed by atoms with Crippen molar-refractivity contribution >= 4 is 38.9 Å². The Morgan fingerprint density at radius 2 is 0.882 bits per heavy atom. The first-order valence-corrected chi connectivity index (χ1v) is 17.6. The summed E-state index contributed by atoms with van der Waals surface area (Å²) in [4.78, 5) is 2.46. The second-order valence-electron chi connectivity index (χ2n) is 13.2. The maximum absolute atomic E-state index is 2.66. The number of benzene rings is 8. The number of para-hydroxylation sites is 4. The third kappa shape index (κ3) is 4.30. The summed E-state index contributed by atoms with van der Waals surface area (Å²) in [5.41, 5.74) is 13.8. The Hall–Kier alpha value is -6.64. The van der Waals surface area contributed by atoms with Gasteiger partial charge in [-0.05, 0) is 63.7 Å². The lowest BCUT2D eigenvalue weighted by molar-refractivity contribution is 0.564. The maximum atomic E-state index is 2.66. The Balaban J connectivity index is 1.40. The van der Waals surface area contributed by atoms with E-state index < -0.39 is 5.54 Å². The minimum atomic E-state index is -0.646. The van der Waals surface area contributed by atoms with Crippen LogP contribution < -0.4 is 4.90 Å². The van der Waals surface area contributed by atoms with Crippen LogP contribution in [0.25, 0.3) is 44.1 Å². The SMILES string of the molecule is c1ccc(-c2ccccc2N(c2ccccc2)c2cccc3c4ccccc4n(C4(c5ccccc5)c5ccccc5-c5ccccc54)c23)cc1. The van der Waals surface area contributed by atoms with E-state index in [9.17, 15) is 0 Å². The molecule has 1 heterocycles. The number of hydrogen-bond donors (Lipinski definition) is 0. The molecule has 0 spiro atoms. The van der Waals surface area contributed by atoms with Crippen molar-refractivity contribution in [1.82, 2.24) is 4.57 Å². The third-order valence-electron chi connectivity index (χ3n) is 10.6. The van der Waals surface area contributed by atoms with E-state index >= 15 is 0 Å². The van der Waals surface area contributed by atoms with Crippen molar-refractivity contribution in [3.05, 3.63) is 223 Å². The average molecular weight is 651 g/mol. The van der Waals surface area contributed by atoms with Crippen molar-refractivity contribution in [2.45, 2.75) is 5.54 Å². The molecule has 0 fully saturated rings. The smallest absolute Gasteiger partial charge is 0.122 e. The normalized spacial score (nSPS) is 12.9. The molecule has 8 aromatic carbocycles. The summed E-state index contributed by atoms with van der Waals surface area (Å²) in [5.74, 6) is 0. The number of fused-ring (bicyclic) bond motifs is 6. The van der Waals surface area contributed by atoms with Gasteiger partial charge in [0.1, 0.15) is 5.54 Å². The Labute approximate surface area is 298 Å². The third-order valence-corrected chi connectivity index (χ3v) is 10.6. The predicted octanol–water partition coefficient (Wildman–Crippen LogP) is 12.8. The summed E-state index contributed by atoms with van der Waals surface area (Å²) in [6.07, 6.45) is 0. The zero-order chi connectivity index (χ0) is 33.8. The molecule has 51 heavy (non-hydrogen) atoms. The molecule has 0 atom stereocenters. The molecule has 240 valence electrons. The molecular weight excluding hydrogens is 617 g/mol. The van der Waals surface area contributed by atoms with Crippen molar-refractivity contribution in [2.75, 3.05) is 4.90 Å². The van der Waals surface area contributed by atoms with Gasteiger partial charge in [0.15, 0.2) is 0 Å². The minimum Gasteiger partial charge on any atom is -0.320 e. The first-order valence-electron chi connectivity index (χ1n) is 17.6. The molecule has 0 bridgehead atoms. The Morgan fingerprint density at radius 1 is 0.373 bits per heavy atom. The van der Waals surface area contributed by atoms with E-state index in [0.717, 1.165) is 17.1 Å². The van der Waals surface area contributed by atoms with Crippen LogP contribution in [0.2, 0.25) is 0 Å². The number of hydrogen-bond acceptors (Lipinski definition) is 1. The van der Waals surface area contributed by atoms with Gasteiger partial charge in [-0.15, -0.1) is 0 Å². The summed E-state index contributed by atoms with van der Waals surface area (Å²) >= 11 is 0. The monoisotopic (exact) mass is 650 g/mol. The number of rotatable bonds is 6. The highest BCUT2D eigenvalue weighted by molar-refractivity contribution is 6.14. The van der Waals surface area contributed by atoms with Gasteiger partial charge in [0.25, 0.3) is 0 Å². The first-order chi connectivity index (χ1) is 25.4. The quantitative estimate of drug-likeness (QED) is 0.174. The van der Waals surface area contributed by atoms with Gasteiger partial charge < -0.3 is 9.47 Å². The average Bonchev–Trinajstić information content (AvgIpc) is 3.71. The molecule has 0 saturated heterocycles. The van der Waals surface area contributed by atoms with E-state index in [1.807, 2.05) is 0 Å². The van der Waals surface area contributed by atoms with E-state index in [4.69, 9.17) is 0 Å². The van der Waals surface area contributed by atoms with Crippen LogP contribution in [0.1, 0.15) is 16.7 Å². The predicted molar refractivity (Wildman–Crippen MR) is 213 cm³/mol. The molecule has 1 aliphatic rings. The van der Waals surface area contributed by atoms with Gasteiger partial charge in [0.2, 0.25) is 0 Å². The first kappa shape index (κ1) is 29.3. The van der Waals surface area contributed by atoms with Crippen LogP contribution in [0.4, 0.5) is 17.1 Å². The molecule has 2 nitrogen and oxygen atoms in total. The molecular formula is C49H34N2. The van der Waals surface area contributed by atoms with E-state index in [1.165, 1.54) is 60.8 Å². The van der Waals surface area contributed by atoms with Crippen molar-refractivity contribution in [1.29, 1.82) is 0 Å². The van der Waals surface area contributed by atoms with Gasteiger partial charge in [0.05, 0.1) is 22.4 Å². The lowest BCUT2D eigenvalue weighted by Gasteiger charge is -2.38. The highest BCUT2D eigenvalue weighted by Crippen LogP contribution is 2.57. The van der Waals surface area contributed by atoms with Crippen molar-refractivity contribution in [2.24, 2.45) is 0 Å². The fourth-order valence-electron chi connectivity index (χ4n) is 8.62. The second-order valence-corrected chi connectivity index (χ2v) is 13.2. The van der Waals surface area contributed by atoms with E-state index in [-0.39, 0.29) is 0 Å². The summed E-state index contributed by atoms with van der Waals surface area (Å²) in [7, 11) is 0. The van der Waals surface area contributed by atoms with Crippen LogP contribution in [0.15, 0.2) is 206 Å². The molecule has 2 heteroatoms. The number of nitrogens with zero attached hydrogens (tertiary/aromatic N) is 2. The van der Waals surface area contributed by atoms with E-state index in [1.54, 1.807) is 0 Å². The summed E-state index contributed by atoms with van der Waals surface area (Å²) in [6.45, 7) is 0. The molecule has 0 saturated carbocycles. The Morgan fingerprint density at radius 3 is 1.59 bits per heavy atom. The topological polar surface area (TPSA) is 8.17 Å². The molecule has 1 aliphatic carbocycles. The largest absolute Gasteiger partial charge is 0.320 e. The summed E-state index contributed by atoms with van der Waals surface area (Å²) in [6, 6.07) is 75.2. The standard InChI is InChI=1S/C49H34N2/c1-4-19-35(20-5-1)38-25-12-16-32-45(38)50(37-23-8-3-9-24-37)47-34-18-29-42-41-28-13-17-33-46(41)51(48(42)47)49(36-21-6-2-7-22-36)43-30-14-10-26-39(43)40-27-11-15-31-44(40)49/h1-34H. The highest BCUT2D eigenvalue weighted by atomic mass is 15.2. The van der Waals surface area contributed by atoms with Crippen molar-refractivity contribution in [3.8, 4) is 22.3 Å². The van der Waals surface area contributed by atoms with Crippen molar-refractivity contribution in [3.63, 3.8) is 0 Å². The zero-order valence-electron chi connectivity index (χ0n) is 28.0. The van der Waals surface area contributed by atoms with Gasteiger partial charge >= 0.3 is 0 Å². The molecule has 9 aromatic rings. The maximum Gasteiger partial charge on any atom is 0.122 e. The van der Waals surface area contributed by atoms with Crippen LogP contribution in [-0.2, 0) is 5.54 Å². The lowest BCUT2D eigenvalue weighted by Crippen LogP contribution is -2.36. The zero-order valence-corrected chi connectivity index (χ0v) is 28.0. The molecule has 0 aliphatic heterocycles. The molecule has 0 N–H and O–H groups in total. The van der Waals surface area contributed by atoms with Crippen LogP contribution in [0.5, 0.6) is 0 Å². The van der Waals surface area contributed by atoms with Crippen LogP contribution in [-0.4, -0.2) is 4.57 Å².